The van der Waals surface area contributed by atoms with Gasteiger partial charge in [-0.2, -0.15) is 4.31 Å². The number of carbonyl (C=O) groups excluding carboxylic acids is 2. The lowest BCUT2D eigenvalue weighted by molar-refractivity contribution is -0.130. The summed E-state index contributed by atoms with van der Waals surface area (Å²) in [5, 5.41) is 9.63. The van der Waals surface area contributed by atoms with E-state index in [-0.39, 0.29) is 41.4 Å². The third-order valence-corrected chi connectivity index (χ3v) is 11.4. The highest BCUT2D eigenvalue weighted by Gasteiger charge is 2.30. The minimum atomic E-state index is -3.70. The van der Waals surface area contributed by atoms with Gasteiger partial charge in [-0.1, -0.05) is 35.5 Å². The van der Waals surface area contributed by atoms with Gasteiger partial charge in [-0.25, -0.2) is 13.2 Å². The molecule has 1 saturated heterocycles. The summed E-state index contributed by atoms with van der Waals surface area (Å²) in [5.74, 6) is -0.762. The largest absolute Gasteiger partial charge is 0.439 e. The van der Waals surface area contributed by atoms with Crippen LogP contribution in [-0.4, -0.2) is 73.6 Å². The maximum absolute atomic E-state index is 13.8. The second kappa shape index (κ2) is 16.8. The smallest absolute Gasteiger partial charge is 0.379 e. The average molecular weight is 739 g/mol. The molecule has 2 heterocycles. The van der Waals surface area contributed by atoms with Gasteiger partial charge >= 0.3 is 5.76 Å². The minimum absolute atomic E-state index is 0. The van der Waals surface area contributed by atoms with Gasteiger partial charge in [-0.3, -0.25) is 19.1 Å². The number of aromatic nitrogens is 2. The van der Waals surface area contributed by atoms with Crippen molar-refractivity contribution < 1.29 is 27.3 Å². The molecule has 2 fully saturated rings. The van der Waals surface area contributed by atoms with Gasteiger partial charge in [0.1, 0.15) is 6.04 Å². The molecule has 0 bridgehead atoms. The number of ether oxygens (including phenoxy) is 1. The topological polar surface area (TPSA) is 190 Å². The van der Waals surface area contributed by atoms with Crippen molar-refractivity contribution in [2.24, 2.45) is 17.6 Å². The summed E-state index contributed by atoms with van der Waals surface area (Å²) < 4.78 is 38.2. The van der Waals surface area contributed by atoms with Gasteiger partial charge in [0, 0.05) is 36.7 Å². The molecule has 6 rings (SSSR count). The number of rotatable bonds is 11. The van der Waals surface area contributed by atoms with Crippen LogP contribution in [0.5, 0.6) is 0 Å². The van der Waals surface area contributed by atoms with Crippen LogP contribution >= 0.6 is 12.4 Å². The number of hydrogen-bond donors (Lipinski definition) is 4. The van der Waals surface area contributed by atoms with Gasteiger partial charge in [0.05, 0.1) is 18.1 Å². The SMILES string of the molecule is Cc1ccc(S(=O)(=O)N2CCOCC2)cc1-c1cccc(C[C@H](NC(=O)C2CCC(CN)CC2)C(=O)Nc2ccc(-c3noc(=O)[nH]3)cc2)c1.Cl. The lowest BCUT2D eigenvalue weighted by atomic mass is 9.81. The lowest BCUT2D eigenvalue weighted by Gasteiger charge is -2.28. The minimum Gasteiger partial charge on any atom is -0.379 e. The van der Waals surface area contributed by atoms with E-state index in [0.29, 0.717) is 62.9 Å². The average Bonchev–Trinajstić information content (AvgIpc) is 3.58. The summed E-state index contributed by atoms with van der Waals surface area (Å²) in [4.78, 5) is 41.4. The summed E-state index contributed by atoms with van der Waals surface area (Å²) in [6, 6.07) is 18.5. The van der Waals surface area contributed by atoms with E-state index in [4.69, 9.17) is 10.5 Å². The van der Waals surface area contributed by atoms with Crippen molar-refractivity contribution in [3.63, 3.8) is 0 Å². The Morgan fingerprint density at radius 3 is 2.39 bits per heavy atom. The Kier molecular flexibility index (Phi) is 12.5. The predicted octanol–water partition coefficient (Wildman–Crippen LogP) is 3.88. The fourth-order valence-electron chi connectivity index (χ4n) is 6.56. The van der Waals surface area contributed by atoms with Crippen LogP contribution in [-0.2, 0) is 30.8 Å². The third-order valence-electron chi connectivity index (χ3n) is 9.54. The molecular weight excluding hydrogens is 696 g/mol. The van der Waals surface area contributed by atoms with E-state index in [1.807, 2.05) is 31.2 Å². The van der Waals surface area contributed by atoms with E-state index >= 15 is 0 Å². The molecule has 1 atom stereocenters. The van der Waals surface area contributed by atoms with E-state index < -0.39 is 27.7 Å². The van der Waals surface area contributed by atoms with E-state index in [1.165, 1.54) is 4.31 Å². The van der Waals surface area contributed by atoms with Gasteiger partial charge in [-0.15, -0.1) is 12.4 Å². The summed E-state index contributed by atoms with van der Waals surface area (Å²) in [6.07, 6.45) is 3.37. The van der Waals surface area contributed by atoms with Gasteiger partial charge in [0.15, 0.2) is 5.82 Å². The first-order valence-corrected chi connectivity index (χ1v) is 18.3. The highest BCUT2D eigenvalue weighted by Crippen LogP contribution is 2.30. The number of nitrogens with one attached hydrogen (secondary N) is 3. The van der Waals surface area contributed by atoms with E-state index in [1.54, 1.807) is 42.5 Å². The Bertz CT molecular complexity index is 1990. The molecule has 0 radical (unpaired) electrons. The Labute approximate surface area is 302 Å². The number of hydrogen-bond acceptors (Lipinski definition) is 9. The summed E-state index contributed by atoms with van der Waals surface area (Å²) >= 11 is 0. The molecule has 4 aromatic rings. The number of anilines is 1. The number of sulfonamides is 1. The molecule has 272 valence electrons. The number of H-pyrrole nitrogens is 1. The third kappa shape index (κ3) is 9.13. The maximum Gasteiger partial charge on any atom is 0.439 e. The lowest BCUT2D eigenvalue weighted by Crippen LogP contribution is -2.48. The van der Waals surface area contributed by atoms with Crippen LogP contribution in [0.25, 0.3) is 22.5 Å². The summed E-state index contributed by atoms with van der Waals surface area (Å²) in [6.45, 7) is 3.85. The molecule has 51 heavy (non-hydrogen) atoms. The van der Waals surface area contributed by atoms with Gasteiger partial charge in [0.2, 0.25) is 21.8 Å². The van der Waals surface area contributed by atoms with Crippen molar-refractivity contribution in [3.8, 4) is 22.5 Å². The second-order valence-corrected chi connectivity index (χ2v) is 14.9. The number of carbonyl (C=O) groups is 2. The zero-order valence-electron chi connectivity index (χ0n) is 28.3. The zero-order valence-corrected chi connectivity index (χ0v) is 29.9. The first-order chi connectivity index (χ1) is 24.1. The molecule has 3 aromatic carbocycles. The number of morpholine rings is 1. The number of benzene rings is 3. The van der Waals surface area contributed by atoms with Crippen molar-refractivity contribution in [2.45, 2.75) is 50.0 Å². The van der Waals surface area contributed by atoms with Crippen molar-refractivity contribution in [3.05, 3.63) is 88.4 Å². The fourth-order valence-corrected chi connectivity index (χ4v) is 8.00. The van der Waals surface area contributed by atoms with E-state index in [0.717, 1.165) is 35.1 Å². The summed E-state index contributed by atoms with van der Waals surface area (Å²) in [7, 11) is -3.70. The molecule has 1 aromatic heterocycles. The number of nitrogens with two attached hydrogens (primary N) is 1. The first-order valence-electron chi connectivity index (χ1n) is 16.9. The van der Waals surface area contributed by atoms with Crippen molar-refractivity contribution in [1.82, 2.24) is 19.8 Å². The Balaban J connectivity index is 0.00000504. The number of halogens is 1. The molecule has 1 aliphatic heterocycles. The number of nitrogens with zero attached hydrogens (tertiary/aromatic N) is 2. The second-order valence-electron chi connectivity index (χ2n) is 12.9. The van der Waals surface area contributed by atoms with Crippen molar-refractivity contribution >= 4 is 39.9 Å². The van der Waals surface area contributed by atoms with Crippen LogP contribution in [0.15, 0.2) is 80.9 Å². The molecular formula is C36H43ClN6O7S. The molecule has 1 aliphatic carbocycles. The van der Waals surface area contributed by atoms with Crippen LogP contribution < -0.4 is 22.1 Å². The van der Waals surface area contributed by atoms with Crippen LogP contribution in [0.1, 0.15) is 36.8 Å². The molecule has 13 nitrogen and oxygen atoms in total. The molecule has 5 N–H and O–H groups in total. The highest BCUT2D eigenvalue weighted by atomic mass is 35.5. The summed E-state index contributed by atoms with van der Waals surface area (Å²) in [5.41, 5.74) is 10.2. The quantitative estimate of drug-likeness (QED) is 0.177. The number of aryl methyl sites for hydroxylation is 1. The molecule has 0 unspecified atom stereocenters. The monoisotopic (exact) mass is 738 g/mol. The normalized spacial score (nSPS) is 18.7. The van der Waals surface area contributed by atoms with Crippen LogP contribution in [0.4, 0.5) is 5.69 Å². The first kappa shape index (κ1) is 37.9. The van der Waals surface area contributed by atoms with Crippen LogP contribution in [0, 0.1) is 18.8 Å². The van der Waals surface area contributed by atoms with Crippen molar-refractivity contribution in [2.75, 3.05) is 38.2 Å². The number of amides is 2. The van der Waals surface area contributed by atoms with E-state index in [9.17, 15) is 22.8 Å². The van der Waals surface area contributed by atoms with Crippen LogP contribution in [0.3, 0.4) is 0 Å². The van der Waals surface area contributed by atoms with Gasteiger partial charge in [0.25, 0.3) is 0 Å². The fraction of sp³-hybridized carbons (Fsp3) is 0.389. The molecule has 2 aliphatic rings. The Morgan fingerprint density at radius 2 is 1.73 bits per heavy atom. The van der Waals surface area contributed by atoms with Crippen molar-refractivity contribution in [1.29, 1.82) is 0 Å². The Morgan fingerprint density at radius 1 is 1.00 bits per heavy atom. The standard InChI is InChI=1S/C36H42N6O7S.ClH/c1-23-5-14-30(50(46,47)42-15-17-48-18-16-42)21-31(23)28-4-2-3-25(19-28)20-32(39-34(43)27-8-6-24(22-37)7-9-27)35(44)38-29-12-10-26(11-13-29)33-40-36(45)49-41-33;/h2-5,10-14,19,21,24,27,32H,6-9,15-18,20,22,37H2,1H3,(H,38,44)(H,39,43)(H,40,41,45);1H/t24?,27?,32-;/m0./s1. The molecule has 1 saturated carbocycles. The molecule has 2 amide bonds. The van der Waals surface area contributed by atoms with Gasteiger partial charge in [-0.05, 0) is 104 Å². The van der Waals surface area contributed by atoms with Gasteiger partial charge < -0.3 is 21.1 Å². The molecule has 15 heteroatoms. The molecule has 0 spiro atoms. The number of aromatic amines is 1. The maximum atomic E-state index is 13.8. The Hall–Kier alpha value is -4.34. The van der Waals surface area contributed by atoms with E-state index in [2.05, 4.69) is 25.3 Å². The predicted molar refractivity (Wildman–Crippen MR) is 195 cm³/mol. The zero-order chi connectivity index (χ0) is 35.3. The van der Waals surface area contributed by atoms with Crippen LogP contribution in [0.2, 0.25) is 0 Å². The highest BCUT2D eigenvalue weighted by molar-refractivity contribution is 7.89.